The van der Waals surface area contributed by atoms with Gasteiger partial charge in [0.25, 0.3) is 5.69 Å². The van der Waals surface area contributed by atoms with Crippen molar-refractivity contribution in [2.45, 2.75) is 18.8 Å². The molecule has 0 aliphatic carbocycles. The standard InChI is InChI=1S/C22H13ClFN5O4/c1-12-21(11-27)19(28)33-22(12,14-3-5-15(24)6-4-14)32-18(20(21,9-25)10-26)13-2-7-16(23)17(8-13)29(30)31/h2-8,12,18,28H,1H3. The van der Waals surface area contributed by atoms with Crippen LogP contribution in [0.3, 0.4) is 0 Å². The summed E-state index contributed by atoms with van der Waals surface area (Å²) >= 11 is 5.92. The van der Waals surface area contributed by atoms with Gasteiger partial charge in [-0.1, -0.05) is 24.6 Å². The molecule has 2 aliphatic heterocycles. The monoisotopic (exact) mass is 465 g/mol. The fourth-order valence-corrected chi connectivity index (χ4v) is 4.87. The summed E-state index contributed by atoms with van der Waals surface area (Å²) in [6.07, 6.45) is -1.55. The molecule has 2 bridgehead atoms. The van der Waals surface area contributed by atoms with E-state index in [4.69, 9.17) is 26.5 Å². The van der Waals surface area contributed by atoms with Crippen LogP contribution in [0.2, 0.25) is 5.02 Å². The van der Waals surface area contributed by atoms with Crippen molar-refractivity contribution < 1.29 is 18.8 Å². The third kappa shape index (κ3) is 2.61. The minimum absolute atomic E-state index is 0.0190. The molecule has 164 valence electrons. The topological polar surface area (TPSA) is 157 Å². The fourth-order valence-electron chi connectivity index (χ4n) is 4.68. The highest BCUT2D eigenvalue weighted by atomic mass is 35.5. The summed E-state index contributed by atoms with van der Waals surface area (Å²) in [5.41, 5.74) is -4.63. The van der Waals surface area contributed by atoms with E-state index in [9.17, 15) is 30.3 Å². The fraction of sp³-hybridized carbons (Fsp3) is 0.273. The Labute approximate surface area is 191 Å². The molecule has 0 amide bonds. The molecule has 1 N–H and O–H groups in total. The van der Waals surface area contributed by atoms with Crippen LogP contribution in [0.25, 0.3) is 0 Å². The van der Waals surface area contributed by atoms with Gasteiger partial charge in [-0.25, -0.2) is 4.39 Å². The highest BCUT2D eigenvalue weighted by Gasteiger charge is 2.79. The number of nitrogens with one attached hydrogen (secondary N) is 1. The van der Waals surface area contributed by atoms with E-state index in [2.05, 4.69) is 0 Å². The van der Waals surface area contributed by atoms with E-state index in [0.29, 0.717) is 0 Å². The number of nitrogens with zero attached hydrogens (tertiary/aromatic N) is 4. The Hall–Kier alpha value is -4.04. The van der Waals surface area contributed by atoms with Crippen molar-refractivity contribution in [1.82, 2.24) is 0 Å². The smallest absolute Gasteiger partial charge is 0.288 e. The van der Waals surface area contributed by atoms with E-state index in [1.165, 1.54) is 31.2 Å². The zero-order chi connectivity index (χ0) is 24.2. The number of ether oxygens (including phenoxy) is 2. The molecule has 2 saturated heterocycles. The quantitative estimate of drug-likeness (QED) is 0.516. The van der Waals surface area contributed by atoms with Gasteiger partial charge in [0.2, 0.25) is 17.1 Å². The summed E-state index contributed by atoms with van der Waals surface area (Å²) in [6.45, 7) is 1.50. The van der Waals surface area contributed by atoms with Gasteiger partial charge in [-0.2, -0.15) is 15.8 Å². The normalized spacial score (nSPS) is 29.3. The number of fused-ring (bicyclic) bond motifs is 2. The summed E-state index contributed by atoms with van der Waals surface area (Å²) < 4.78 is 25.6. The molecule has 2 aromatic carbocycles. The molecule has 0 aromatic heterocycles. The Kier molecular flexibility index (Phi) is 4.87. The summed E-state index contributed by atoms with van der Waals surface area (Å²) in [5, 5.41) is 50.4. The summed E-state index contributed by atoms with van der Waals surface area (Å²) in [4.78, 5) is 10.7. The molecule has 2 aromatic rings. The van der Waals surface area contributed by atoms with Gasteiger partial charge in [0.15, 0.2) is 5.41 Å². The van der Waals surface area contributed by atoms with Crippen LogP contribution in [-0.2, 0) is 15.3 Å². The molecule has 0 radical (unpaired) electrons. The molecule has 0 saturated carbocycles. The highest BCUT2D eigenvalue weighted by Crippen LogP contribution is 2.69. The summed E-state index contributed by atoms with van der Waals surface area (Å²) in [7, 11) is 0. The van der Waals surface area contributed by atoms with Crippen LogP contribution in [0, 0.1) is 72.1 Å². The second-order valence-electron chi connectivity index (χ2n) is 7.74. The maximum atomic E-state index is 13.6. The van der Waals surface area contributed by atoms with Crippen LogP contribution >= 0.6 is 11.6 Å². The number of nitriles is 3. The molecule has 4 atom stereocenters. The third-order valence-corrected chi connectivity index (χ3v) is 6.70. The second kappa shape index (κ2) is 7.25. The van der Waals surface area contributed by atoms with Crippen LogP contribution in [0.5, 0.6) is 0 Å². The summed E-state index contributed by atoms with van der Waals surface area (Å²) in [5.74, 6) is -4.09. The van der Waals surface area contributed by atoms with E-state index in [1.54, 1.807) is 0 Å². The van der Waals surface area contributed by atoms with Gasteiger partial charge in [0, 0.05) is 11.6 Å². The Bertz CT molecular complexity index is 1310. The second-order valence-corrected chi connectivity index (χ2v) is 8.15. The first-order chi connectivity index (χ1) is 15.6. The van der Waals surface area contributed by atoms with Crippen molar-refractivity contribution in [3.63, 3.8) is 0 Å². The van der Waals surface area contributed by atoms with E-state index < -0.39 is 51.0 Å². The molecule has 4 rings (SSSR count). The SMILES string of the molecule is CC1C2(c3ccc(F)cc3)OC(=N)C1(C#N)C(C#N)(C#N)C(c1ccc(Cl)c([N+](=O)[O-])c1)O2. The lowest BCUT2D eigenvalue weighted by Gasteiger charge is -2.48. The van der Waals surface area contributed by atoms with Gasteiger partial charge in [0.1, 0.15) is 16.9 Å². The first-order valence-corrected chi connectivity index (χ1v) is 9.91. The van der Waals surface area contributed by atoms with Crippen LogP contribution < -0.4 is 0 Å². The van der Waals surface area contributed by atoms with Gasteiger partial charge in [0.05, 0.1) is 29.0 Å². The predicted octanol–water partition coefficient (Wildman–Crippen LogP) is 4.50. The summed E-state index contributed by atoms with van der Waals surface area (Å²) in [6, 6.07) is 14.2. The zero-order valence-electron chi connectivity index (χ0n) is 16.9. The molecule has 0 spiro atoms. The highest BCUT2D eigenvalue weighted by molar-refractivity contribution is 6.32. The van der Waals surface area contributed by atoms with Gasteiger partial charge >= 0.3 is 0 Å². The van der Waals surface area contributed by atoms with Gasteiger partial charge < -0.3 is 9.47 Å². The number of halogens is 2. The van der Waals surface area contributed by atoms with E-state index >= 15 is 0 Å². The maximum Gasteiger partial charge on any atom is 0.288 e. The minimum atomic E-state index is -2.31. The molecule has 4 unspecified atom stereocenters. The molecular formula is C22H13ClFN5O4. The predicted molar refractivity (Wildman–Crippen MR) is 110 cm³/mol. The average Bonchev–Trinajstić information content (AvgIpc) is 2.96. The zero-order valence-corrected chi connectivity index (χ0v) is 17.6. The third-order valence-electron chi connectivity index (χ3n) is 6.38. The largest absolute Gasteiger partial charge is 0.443 e. The Morgan fingerprint density at radius 1 is 1.15 bits per heavy atom. The molecule has 2 aliphatic rings. The van der Waals surface area contributed by atoms with Crippen molar-refractivity contribution >= 4 is 23.2 Å². The molecule has 33 heavy (non-hydrogen) atoms. The Balaban J connectivity index is 2.04. The van der Waals surface area contributed by atoms with E-state index in [0.717, 1.165) is 18.2 Å². The number of hydrogen-bond acceptors (Lipinski definition) is 8. The van der Waals surface area contributed by atoms with Crippen molar-refractivity contribution in [3.05, 3.63) is 74.5 Å². The van der Waals surface area contributed by atoms with Crippen LogP contribution in [0.4, 0.5) is 10.1 Å². The average molecular weight is 466 g/mol. The molecule has 2 fully saturated rings. The van der Waals surface area contributed by atoms with Crippen molar-refractivity contribution in [3.8, 4) is 18.2 Å². The molecule has 11 heteroatoms. The van der Waals surface area contributed by atoms with Crippen LogP contribution in [0.1, 0.15) is 24.2 Å². The van der Waals surface area contributed by atoms with E-state index in [1.807, 2.05) is 18.2 Å². The van der Waals surface area contributed by atoms with E-state index in [-0.39, 0.29) is 16.1 Å². The van der Waals surface area contributed by atoms with Gasteiger partial charge in [-0.05, 0) is 35.9 Å². The first-order valence-electron chi connectivity index (χ1n) is 9.53. The first kappa shape index (κ1) is 22.2. The Morgan fingerprint density at radius 3 is 2.33 bits per heavy atom. The van der Waals surface area contributed by atoms with Gasteiger partial charge in [-0.15, -0.1) is 0 Å². The van der Waals surface area contributed by atoms with Crippen molar-refractivity contribution in [2.75, 3.05) is 0 Å². The Morgan fingerprint density at radius 2 is 1.79 bits per heavy atom. The van der Waals surface area contributed by atoms with Crippen LogP contribution in [-0.4, -0.2) is 10.8 Å². The molecular weight excluding hydrogens is 453 g/mol. The number of nitro benzene ring substituents is 1. The number of hydrogen-bond donors (Lipinski definition) is 1. The molecule has 2 heterocycles. The number of rotatable bonds is 3. The van der Waals surface area contributed by atoms with Gasteiger partial charge in [-0.3, -0.25) is 15.5 Å². The lowest BCUT2D eigenvalue weighted by atomic mass is 9.53. The maximum absolute atomic E-state index is 13.6. The lowest BCUT2D eigenvalue weighted by Crippen LogP contribution is -2.57. The van der Waals surface area contributed by atoms with Crippen molar-refractivity contribution in [1.29, 1.82) is 21.2 Å². The minimum Gasteiger partial charge on any atom is -0.443 e. The number of benzene rings is 2. The number of nitro groups is 1. The molecule has 9 nitrogen and oxygen atoms in total. The van der Waals surface area contributed by atoms with Crippen molar-refractivity contribution in [2.24, 2.45) is 16.7 Å². The lowest BCUT2D eigenvalue weighted by molar-refractivity contribution is -0.384. The van der Waals surface area contributed by atoms with Crippen LogP contribution in [0.15, 0.2) is 42.5 Å².